The molecule has 0 aliphatic carbocycles. The monoisotopic (exact) mass is 192 g/mol. The van der Waals surface area contributed by atoms with Crippen LogP contribution in [-0.4, -0.2) is 17.7 Å². The predicted molar refractivity (Wildman–Crippen MR) is 42.7 cm³/mol. The molecule has 0 aliphatic heterocycles. The molecule has 5 heteroatoms. The van der Waals surface area contributed by atoms with Crippen molar-refractivity contribution in [1.82, 2.24) is 0 Å². The molecule has 0 amide bonds. The van der Waals surface area contributed by atoms with Crippen molar-refractivity contribution >= 4 is 23.0 Å². The molecule has 0 bridgehead atoms. The second-order valence-electron chi connectivity index (χ2n) is 2.11. The summed E-state index contributed by atoms with van der Waals surface area (Å²) >= 11 is 4.86. The second kappa shape index (κ2) is 4.77. The van der Waals surface area contributed by atoms with Crippen molar-refractivity contribution in [2.45, 2.75) is 20.1 Å². The molecule has 0 saturated heterocycles. The van der Waals surface area contributed by atoms with Gasteiger partial charge in [-0.15, -0.1) is 0 Å². The van der Waals surface area contributed by atoms with Crippen LogP contribution in [0.25, 0.3) is 0 Å². The van der Waals surface area contributed by atoms with Crippen molar-refractivity contribution in [3.63, 3.8) is 0 Å². The van der Waals surface area contributed by atoms with Gasteiger partial charge in [-0.1, -0.05) is 6.58 Å². The molecule has 1 atom stereocenters. The Hall–Kier alpha value is -1.03. The van der Waals surface area contributed by atoms with E-state index < -0.39 is 17.7 Å². The molecule has 0 fully saturated rings. The third kappa shape index (κ3) is 4.73. The fourth-order valence-corrected chi connectivity index (χ4v) is 0.531. The third-order valence-corrected chi connectivity index (χ3v) is 0.969. The zero-order valence-corrected chi connectivity index (χ0v) is 7.55. The Morgan fingerprint density at radius 3 is 2.25 bits per heavy atom. The molecule has 0 rings (SSSR count). The Kier molecular flexibility index (Phi) is 4.36. The van der Waals surface area contributed by atoms with Crippen molar-refractivity contribution in [3.05, 3.63) is 12.2 Å². The van der Waals surface area contributed by atoms with Gasteiger partial charge in [0.25, 0.3) is 0 Å². The Morgan fingerprint density at radius 2 is 1.92 bits per heavy atom. The average molecular weight is 193 g/mol. The molecule has 4 nitrogen and oxygen atoms in total. The second-order valence-corrected chi connectivity index (χ2v) is 2.42. The van der Waals surface area contributed by atoms with Crippen LogP contribution >= 0.6 is 11.6 Å². The minimum atomic E-state index is -1.02. The van der Waals surface area contributed by atoms with Crippen LogP contribution in [0.5, 0.6) is 0 Å². The van der Waals surface area contributed by atoms with Crippen molar-refractivity contribution in [2.24, 2.45) is 0 Å². The highest BCUT2D eigenvalue weighted by molar-refractivity contribution is 6.61. The Balaban J connectivity index is 3.84. The number of carbonyl (C=O) groups excluding carboxylic acids is 2. The molecule has 0 N–H and O–H groups in total. The van der Waals surface area contributed by atoms with Gasteiger partial charge < -0.3 is 9.47 Å². The molecule has 0 aromatic rings. The summed E-state index contributed by atoms with van der Waals surface area (Å²) in [5.41, 5.74) is -0.788. The molecule has 0 aliphatic rings. The number of hydrogen-bond acceptors (Lipinski definition) is 4. The van der Waals surface area contributed by atoms with Gasteiger partial charge in [-0.25, -0.2) is 9.59 Å². The van der Waals surface area contributed by atoms with Gasteiger partial charge >= 0.3 is 11.4 Å². The van der Waals surface area contributed by atoms with Crippen LogP contribution < -0.4 is 0 Å². The van der Waals surface area contributed by atoms with E-state index in [0.29, 0.717) is 0 Å². The Morgan fingerprint density at radius 1 is 1.42 bits per heavy atom. The minimum Gasteiger partial charge on any atom is -0.422 e. The molecular weight excluding hydrogens is 184 g/mol. The van der Waals surface area contributed by atoms with Gasteiger partial charge in [0.1, 0.15) is 0 Å². The molecule has 68 valence electrons. The van der Waals surface area contributed by atoms with Gasteiger partial charge in [0.15, 0.2) is 0 Å². The van der Waals surface area contributed by atoms with Gasteiger partial charge in [-0.2, -0.15) is 0 Å². The van der Waals surface area contributed by atoms with Crippen molar-refractivity contribution in [1.29, 1.82) is 0 Å². The van der Waals surface area contributed by atoms with E-state index >= 15 is 0 Å². The van der Waals surface area contributed by atoms with Crippen LogP contribution in [0, 0.1) is 0 Å². The number of rotatable bonds is 3. The van der Waals surface area contributed by atoms with E-state index in [4.69, 9.17) is 11.6 Å². The maximum absolute atomic E-state index is 10.8. The summed E-state index contributed by atoms with van der Waals surface area (Å²) in [5, 5.41) is 0. The highest BCUT2D eigenvalue weighted by Gasteiger charge is 2.12. The quantitative estimate of drug-likeness (QED) is 0.296. The number of carbonyl (C=O) groups is 2. The van der Waals surface area contributed by atoms with E-state index in [2.05, 4.69) is 16.1 Å². The number of esters is 1. The lowest BCUT2D eigenvalue weighted by Gasteiger charge is -2.11. The van der Waals surface area contributed by atoms with E-state index in [0.717, 1.165) is 0 Å². The molecule has 1 unspecified atom stereocenters. The zero-order chi connectivity index (χ0) is 9.72. The van der Waals surface area contributed by atoms with E-state index in [9.17, 15) is 9.59 Å². The fourth-order valence-electron chi connectivity index (χ4n) is 0.406. The third-order valence-electron chi connectivity index (χ3n) is 0.880. The summed E-state index contributed by atoms with van der Waals surface area (Å²) in [6, 6.07) is 0. The molecule has 0 radical (unpaired) electrons. The summed E-state index contributed by atoms with van der Waals surface area (Å²) in [6.07, 6.45) is -0.987. The largest absolute Gasteiger partial charge is 0.422 e. The summed E-state index contributed by atoms with van der Waals surface area (Å²) in [7, 11) is 0. The molecule has 0 spiro atoms. The zero-order valence-electron chi connectivity index (χ0n) is 6.80. The maximum atomic E-state index is 10.8. The first-order chi connectivity index (χ1) is 5.43. The molecule has 12 heavy (non-hydrogen) atoms. The number of hydrogen-bond donors (Lipinski definition) is 0. The molecule has 0 aromatic heterocycles. The first-order valence-electron chi connectivity index (χ1n) is 3.16. The summed E-state index contributed by atoms with van der Waals surface area (Å²) in [5.74, 6) is -0.625. The van der Waals surface area contributed by atoms with E-state index in [-0.39, 0.29) is 5.57 Å². The SMILES string of the molecule is C=C(C)C(=O)OC(C)OC(=O)Cl. The van der Waals surface area contributed by atoms with Gasteiger partial charge in [0.05, 0.1) is 0 Å². The van der Waals surface area contributed by atoms with Crippen LogP contribution in [0.3, 0.4) is 0 Å². The normalized spacial score (nSPS) is 11.6. The standard InChI is InChI=1S/C7H9ClO4/c1-4(2)6(9)11-5(3)12-7(8)10/h5H,1H2,2-3H3. The van der Waals surface area contributed by atoms with Crippen LogP contribution in [0.2, 0.25) is 0 Å². The van der Waals surface area contributed by atoms with Crippen LogP contribution in [0.1, 0.15) is 13.8 Å². The van der Waals surface area contributed by atoms with Crippen molar-refractivity contribution in [3.8, 4) is 0 Å². The van der Waals surface area contributed by atoms with Crippen LogP contribution in [0.4, 0.5) is 4.79 Å². The smallest absolute Gasteiger partial charge is 0.406 e. The topological polar surface area (TPSA) is 52.6 Å². The lowest BCUT2D eigenvalue weighted by molar-refractivity contribution is -0.158. The highest BCUT2D eigenvalue weighted by atomic mass is 35.5. The fraction of sp³-hybridized carbons (Fsp3) is 0.429. The highest BCUT2D eigenvalue weighted by Crippen LogP contribution is 2.01. The molecular formula is C7H9ClO4. The van der Waals surface area contributed by atoms with Crippen LogP contribution in [0.15, 0.2) is 12.2 Å². The minimum absolute atomic E-state index is 0.229. The molecule has 0 aromatic carbocycles. The van der Waals surface area contributed by atoms with Gasteiger partial charge in [-0.3, -0.25) is 0 Å². The van der Waals surface area contributed by atoms with E-state index in [1.54, 1.807) is 0 Å². The van der Waals surface area contributed by atoms with Crippen molar-refractivity contribution in [2.75, 3.05) is 0 Å². The van der Waals surface area contributed by atoms with Crippen LogP contribution in [-0.2, 0) is 14.3 Å². The first kappa shape index (κ1) is 11.0. The molecule has 0 saturated carbocycles. The maximum Gasteiger partial charge on any atom is 0.406 e. The van der Waals surface area contributed by atoms with E-state index in [1.165, 1.54) is 13.8 Å². The van der Waals surface area contributed by atoms with Gasteiger partial charge in [0, 0.05) is 24.1 Å². The Labute approximate surface area is 75.1 Å². The van der Waals surface area contributed by atoms with Gasteiger partial charge in [0.2, 0.25) is 6.29 Å². The summed E-state index contributed by atoms with van der Waals surface area (Å²) in [4.78, 5) is 20.9. The van der Waals surface area contributed by atoms with E-state index in [1.807, 2.05) is 0 Å². The lowest BCUT2D eigenvalue weighted by atomic mass is 10.4. The predicted octanol–water partition coefficient (Wildman–Crippen LogP) is 1.83. The number of ether oxygens (including phenoxy) is 2. The summed E-state index contributed by atoms with van der Waals surface area (Å²) < 4.78 is 8.87. The molecule has 0 heterocycles. The number of halogens is 1. The lowest BCUT2D eigenvalue weighted by Crippen LogP contribution is -2.19. The Bertz CT molecular complexity index is 211. The first-order valence-corrected chi connectivity index (χ1v) is 3.54. The summed E-state index contributed by atoms with van der Waals surface area (Å²) in [6.45, 7) is 6.20. The van der Waals surface area contributed by atoms with Gasteiger partial charge in [-0.05, 0) is 6.92 Å². The average Bonchev–Trinajstić information content (AvgIpc) is 1.84. The van der Waals surface area contributed by atoms with Crippen molar-refractivity contribution < 1.29 is 19.1 Å².